The van der Waals surface area contributed by atoms with E-state index in [9.17, 15) is 14.4 Å². The summed E-state index contributed by atoms with van der Waals surface area (Å²) in [6, 6.07) is -1.67. The lowest BCUT2D eigenvalue weighted by atomic mass is 10.2. The minimum Gasteiger partial charge on any atom is -0.480 e. The first-order chi connectivity index (χ1) is 8.36. The van der Waals surface area contributed by atoms with Crippen LogP contribution in [0.1, 0.15) is 34.6 Å². The highest BCUT2D eigenvalue weighted by Gasteiger charge is 2.20. The van der Waals surface area contributed by atoms with Gasteiger partial charge in [-0.25, -0.2) is 4.79 Å². The van der Waals surface area contributed by atoms with Crippen molar-refractivity contribution in [3.63, 3.8) is 0 Å². The number of nitrogens with two attached hydrogens (primary N) is 1. The van der Waals surface area contributed by atoms with Gasteiger partial charge in [-0.1, -0.05) is 0 Å². The number of aliphatic carboxylic acids is 2. The van der Waals surface area contributed by atoms with Crippen LogP contribution in [-0.2, 0) is 14.3 Å². The summed E-state index contributed by atoms with van der Waals surface area (Å²) in [6.07, 6.45) is -0.720. The van der Waals surface area contributed by atoms with Crippen LogP contribution >= 0.6 is 0 Å². The maximum absolute atomic E-state index is 11.0. The molecular weight excluding hydrogens is 256 g/mol. The van der Waals surface area contributed by atoms with Gasteiger partial charge in [0.05, 0.1) is 0 Å². The van der Waals surface area contributed by atoms with Crippen molar-refractivity contribution >= 4 is 18.0 Å². The second-order valence-corrected chi connectivity index (χ2v) is 4.83. The lowest BCUT2D eigenvalue weighted by Gasteiger charge is -2.20. The highest BCUT2D eigenvalue weighted by Crippen LogP contribution is 2.06. The molecule has 0 spiro atoms. The smallest absolute Gasteiger partial charge is 0.408 e. The van der Waals surface area contributed by atoms with Gasteiger partial charge in [0.15, 0.2) is 0 Å². The van der Waals surface area contributed by atoms with Crippen molar-refractivity contribution in [2.24, 2.45) is 5.73 Å². The Labute approximate surface area is 111 Å². The average Bonchev–Trinajstić information content (AvgIpc) is 2.14. The van der Waals surface area contributed by atoms with Gasteiger partial charge in [-0.05, 0) is 34.6 Å². The number of ether oxygens (including phenoxy) is 1. The Hall–Kier alpha value is -1.83. The number of hydrogen-bond donors (Lipinski definition) is 4. The van der Waals surface area contributed by atoms with Gasteiger partial charge in [-0.15, -0.1) is 0 Å². The summed E-state index contributed by atoms with van der Waals surface area (Å²) >= 11 is 0. The zero-order valence-electron chi connectivity index (χ0n) is 11.8. The van der Waals surface area contributed by atoms with E-state index >= 15 is 0 Å². The lowest BCUT2D eigenvalue weighted by molar-refractivity contribution is -0.139. The van der Waals surface area contributed by atoms with Crippen LogP contribution in [0.4, 0.5) is 4.79 Å². The molecule has 8 nitrogen and oxygen atoms in total. The zero-order valence-corrected chi connectivity index (χ0v) is 11.8. The standard InChI is InChI=1S/C8H15NO4.C3H7NO2/c1-5(6(10)11)9-7(12)13-8(2,3)4;1-2(4)3(5)6/h5H,1-4H3,(H,9,12)(H,10,11);2H,4H2,1H3,(H,5,6). The first kappa shape index (κ1) is 19.5. The summed E-state index contributed by atoms with van der Waals surface area (Å²) in [5.74, 6) is -2.05. The molecule has 0 aromatic carbocycles. The molecule has 0 rings (SSSR count). The number of rotatable bonds is 3. The van der Waals surface area contributed by atoms with E-state index in [1.807, 2.05) is 0 Å². The van der Waals surface area contributed by atoms with Crippen molar-refractivity contribution in [2.75, 3.05) is 0 Å². The van der Waals surface area contributed by atoms with Crippen molar-refractivity contribution in [3.8, 4) is 0 Å². The fraction of sp³-hybridized carbons (Fsp3) is 0.727. The fourth-order valence-electron chi connectivity index (χ4n) is 0.546. The normalized spacial score (nSPS) is 13.4. The molecule has 0 aliphatic rings. The zero-order chi connectivity index (χ0) is 15.8. The summed E-state index contributed by atoms with van der Waals surface area (Å²) in [7, 11) is 0. The predicted octanol–water partition coefficient (Wildman–Crippen LogP) is 0.402. The molecule has 0 saturated heterocycles. The maximum atomic E-state index is 11.0. The van der Waals surface area contributed by atoms with E-state index in [1.54, 1.807) is 20.8 Å². The van der Waals surface area contributed by atoms with Crippen LogP contribution in [0.2, 0.25) is 0 Å². The van der Waals surface area contributed by atoms with Gasteiger partial charge in [0.25, 0.3) is 0 Å². The Morgan fingerprint density at radius 3 is 1.68 bits per heavy atom. The maximum Gasteiger partial charge on any atom is 0.408 e. The third-order valence-corrected chi connectivity index (χ3v) is 1.49. The first-order valence-electron chi connectivity index (χ1n) is 5.57. The molecule has 0 fully saturated rings. The van der Waals surface area contributed by atoms with E-state index in [2.05, 4.69) is 5.32 Å². The fourth-order valence-corrected chi connectivity index (χ4v) is 0.546. The Balaban J connectivity index is 0. The van der Waals surface area contributed by atoms with Gasteiger partial charge >= 0.3 is 18.0 Å². The SMILES string of the molecule is CC(N)C(=O)O.CC(NC(=O)OC(C)(C)C)C(=O)O. The molecule has 8 heteroatoms. The van der Waals surface area contributed by atoms with Crippen LogP contribution in [0, 0.1) is 0 Å². The van der Waals surface area contributed by atoms with E-state index in [1.165, 1.54) is 13.8 Å². The Kier molecular flexibility index (Phi) is 8.53. The second kappa shape index (κ2) is 8.30. The molecule has 19 heavy (non-hydrogen) atoms. The van der Waals surface area contributed by atoms with Gasteiger partial charge < -0.3 is 26.0 Å². The van der Waals surface area contributed by atoms with Gasteiger partial charge in [0.2, 0.25) is 0 Å². The minimum absolute atomic E-state index is 0.609. The average molecular weight is 278 g/mol. The van der Waals surface area contributed by atoms with Crippen LogP contribution in [0.25, 0.3) is 0 Å². The van der Waals surface area contributed by atoms with Crippen LogP contribution in [0.3, 0.4) is 0 Å². The Morgan fingerprint density at radius 1 is 1.11 bits per heavy atom. The number of carboxylic acids is 2. The van der Waals surface area contributed by atoms with E-state index in [0.717, 1.165) is 0 Å². The minimum atomic E-state index is -1.09. The number of amides is 1. The van der Waals surface area contributed by atoms with Gasteiger partial charge in [0, 0.05) is 0 Å². The van der Waals surface area contributed by atoms with E-state index < -0.39 is 35.7 Å². The lowest BCUT2D eigenvalue weighted by Crippen LogP contribution is -2.41. The van der Waals surface area contributed by atoms with Crippen LogP contribution in [-0.4, -0.2) is 45.9 Å². The molecule has 0 aliphatic carbocycles. The van der Waals surface area contributed by atoms with Crippen molar-refractivity contribution in [1.82, 2.24) is 5.32 Å². The molecule has 0 aromatic rings. The summed E-state index contributed by atoms with van der Waals surface area (Å²) in [4.78, 5) is 30.9. The number of carbonyl (C=O) groups excluding carboxylic acids is 1. The predicted molar refractivity (Wildman–Crippen MR) is 67.8 cm³/mol. The number of hydrogen-bond acceptors (Lipinski definition) is 5. The largest absolute Gasteiger partial charge is 0.480 e. The van der Waals surface area contributed by atoms with Crippen LogP contribution < -0.4 is 11.1 Å². The molecule has 0 bridgehead atoms. The van der Waals surface area contributed by atoms with E-state index in [-0.39, 0.29) is 0 Å². The molecule has 0 heterocycles. The number of carboxylic acid groups (broad SMARTS) is 2. The van der Waals surface area contributed by atoms with Gasteiger partial charge in [-0.3, -0.25) is 9.59 Å². The van der Waals surface area contributed by atoms with Gasteiger partial charge in [-0.2, -0.15) is 0 Å². The van der Waals surface area contributed by atoms with Crippen LogP contribution in [0.5, 0.6) is 0 Å². The van der Waals surface area contributed by atoms with Crippen molar-refractivity contribution in [2.45, 2.75) is 52.3 Å². The van der Waals surface area contributed by atoms with Crippen molar-refractivity contribution in [3.05, 3.63) is 0 Å². The highest BCUT2D eigenvalue weighted by atomic mass is 16.6. The number of carbonyl (C=O) groups is 3. The third kappa shape index (κ3) is 14.1. The Bertz CT molecular complexity index is 322. The summed E-state index contributed by atoms with van der Waals surface area (Å²) < 4.78 is 4.85. The van der Waals surface area contributed by atoms with Crippen molar-refractivity contribution < 1.29 is 29.3 Å². The molecule has 1 amide bonds. The molecule has 2 atom stereocenters. The topological polar surface area (TPSA) is 139 Å². The second-order valence-electron chi connectivity index (χ2n) is 4.83. The molecule has 0 saturated carbocycles. The van der Waals surface area contributed by atoms with Crippen molar-refractivity contribution in [1.29, 1.82) is 0 Å². The molecular formula is C11H22N2O6. The molecule has 2 unspecified atom stereocenters. The number of nitrogens with one attached hydrogen (secondary N) is 1. The monoisotopic (exact) mass is 278 g/mol. The molecule has 0 radical (unpaired) electrons. The number of alkyl carbamates (subject to hydrolysis) is 1. The summed E-state index contributed by atoms with van der Waals surface area (Å²) in [5.41, 5.74) is 4.23. The highest BCUT2D eigenvalue weighted by molar-refractivity contribution is 5.79. The molecule has 0 aliphatic heterocycles. The molecule has 0 aromatic heterocycles. The van der Waals surface area contributed by atoms with Gasteiger partial charge in [0.1, 0.15) is 17.7 Å². The van der Waals surface area contributed by atoms with E-state index in [0.29, 0.717) is 0 Å². The molecule has 112 valence electrons. The Morgan fingerprint density at radius 2 is 1.47 bits per heavy atom. The third-order valence-electron chi connectivity index (χ3n) is 1.49. The summed E-state index contributed by atoms with van der Waals surface area (Å²) in [5, 5.41) is 18.5. The van der Waals surface area contributed by atoms with Crippen LogP contribution in [0.15, 0.2) is 0 Å². The quantitative estimate of drug-likeness (QED) is 0.586. The van der Waals surface area contributed by atoms with E-state index in [4.69, 9.17) is 20.7 Å². The first-order valence-corrected chi connectivity index (χ1v) is 5.57. The molecule has 5 N–H and O–H groups in total. The summed E-state index contributed by atoms with van der Waals surface area (Å²) in [6.45, 7) is 7.91.